The summed E-state index contributed by atoms with van der Waals surface area (Å²) in [7, 11) is 0. The summed E-state index contributed by atoms with van der Waals surface area (Å²) in [5.41, 5.74) is 1.11. The molecule has 88 valence electrons. The normalized spacial score (nSPS) is 12.2. The van der Waals surface area contributed by atoms with E-state index < -0.39 is 0 Å². The molecule has 2 aromatic rings. The second kappa shape index (κ2) is 5.34. The van der Waals surface area contributed by atoms with Gasteiger partial charge in [-0.25, -0.2) is 9.97 Å². The molecular weight excluding hydrogens is 257 g/mol. The monoisotopic (exact) mass is 267 g/mol. The lowest BCUT2D eigenvalue weighted by Gasteiger charge is -2.15. The molecule has 1 atom stereocenters. The lowest BCUT2D eigenvalue weighted by atomic mass is 10.1. The van der Waals surface area contributed by atoms with E-state index >= 15 is 0 Å². The third-order valence-corrected chi connectivity index (χ3v) is 2.92. The predicted octanol–water partition coefficient (Wildman–Crippen LogP) is 3.96. The summed E-state index contributed by atoms with van der Waals surface area (Å²) in [6.45, 7) is 2.03. The van der Waals surface area contributed by atoms with Gasteiger partial charge in [0.2, 0.25) is 0 Å². The standard InChI is InChI=1S/C12H11Cl2N3/c1-8(9-2-4-10(13)5-3-9)17-12-11(14)6-15-7-16-12/h2-8H,1H3,(H,15,16,17). The molecule has 0 aliphatic carbocycles. The zero-order chi connectivity index (χ0) is 12.3. The highest BCUT2D eigenvalue weighted by Gasteiger charge is 2.08. The van der Waals surface area contributed by atoms with Crippen LogP contribution in [-0.2, 0) is 0 Å². The van der Waals surface area contributed by atoms with Crippen molar-refractivity contribution in [3.8, 4) is 0 Å². The van der Waals surface area contributed by atoms with Gasteiger partial charge in [0.05, 0.1) is 6.20 Å². The van der Waals surface area contributed by atoms with Crippen LogP contribution in [0.5, 0.6) is 0 Å². The van der Waals surface area contributed by atoms with E-state index in [1.807, 2.05) is 31.2 Å². The molecule has 1 N–H and O–H groups in total. The Hall–Kier alpha value is -1.32. The van der Waals surface area contributed by atoms with Gasteiger partial charge in [-0.2, -0.15) is 0 Å². The topological polar surface area (TPSA) is 37.8 Å². The average molecular weight is 268 g/mol. The minimum Gasteiger partial charge on any atom is -0.362 e. The summed E-state index contributed by atoms with van der Waals surface area (Å²) >= 11 is 11.8. The minimum absolute atomic E-state index is 0.0969. The summed E-state index contributed by atoms with van der Waals surface area (Å²) in [4.78, 5) is 7.92. The Kier molecular flexibility index (Phi) is 3.82. The number of halogens is 2. The van der Waals surface area contributed by atoms with Gasteiger partial charge in [-0.15, -0.1) is 0 Å². The fourth-order valence-electron chi connectivity index (χ4n) is 1.46. The van der Waals surface area contributed by atoms with Gasteiger partial charge < -0.3 is 5.32 Å². The van der Waals surface area contributed by atoms with Gasteiger partial charge in [0.1, 0.15) is 17.2 Å². The molecule has 0 spiro atoms. The van der Waals surface area contributed by atoms with Crippen LogP contribution in [0.4, 0.5) is 5.82 Å². The SMILES string of the molecule is CC(Nc1ncncc1Cl)c1ccc(Cl)cc1. The Labute approximate surface area is 110 Å². The van der Waals surface area contributed by atoms with Crippen molar-refractivity contribution in [3.63, 3.8) is 0 Å². The van der Waals surface area contributed by atoms with Crippen LogP contribution < -0.4 is 5.32 Å². The number of benzene rings is 1. The minimum atomic E-state index is 0.0969. The van der Waals surface area contributed by atoms with E-state index in [1.54, 1.807) is 6.20 Å². The van der Waals surface area contributed by atoms with Crippen molar-refractivity contribution in [2.24, 2.45) is 0 Å². The second-order valence-corrected chi connectivity index (χ2v) is 4.48. The van der Waals surface area contributed by atoms with E-state index in [4.69, 9.17) is 23.2 Å². The van der Waals surface area contributed by atoms with Crippen molar-refractivity contribution in [2.75, 3.05) is 5.32 Å². The lowest BCUT2D eigenvalue weighted by Crippen LogP contribution is -2.08. The molecule has 1 unspecified atom stereocenters. The first-order chi connectivity index (χ1) is 8.16. The Morgan fingerprint density at radius 2 is 1.88 bits per heavy atom. The molecule has 0 aliphatic heterocycles. The number of aromatic nitrogens is 2. The number of hydrogen-bond acceptors (Lipinski definition) is 3. The van der Waals surface area contributed by atoms with Gasteiger partial charge in [-0.1, -0.05) is 35.3 Å². The van der Waals surface area contributed by atoms with Crippen molar-refractivity contribution < 1.29 is 0 Å². The third-order valence-electron chi connectivity index (χ3n) is 2.39. The first-order valence-corrected chi connectivity index (χ1v) is 5.90. The van der Waals surface area contributed by atoms with E-state index in [0.29, 0.717) is 10.8 Å². The fourth-order valence-corrected chi connectivity index (χ4v) is 1.74. The van der Waals surface area contributed by atoms with E-state index in [1.165, 1.54) is 6.33 Å². The quantitative estimate of drug-likeness (QED) is 0.915. The van der Waals surface area contributed by atoms with Crippen molar-refractivity contribution >= 4 is 29.0 Å². The smallest absolute Gasteiger partial charge is 0.148 e. The van der Waals surface area contributed by atoms with Crippen molar-refractivity contribution in [2.45, 2.75) is 13.0 Å². The molecule has 3 nitrogen and oxygen atoms in total. The van der Waals surface area contributed by atoms with Gasteiger partial charge in [-0.05, 0) is 24.6 Å². The molecule has 0 aliphatic rings. The van der Waals surface area contributed by atoms with Crippen LogP contribution in [0.25, 0.3) is 0 Å². The number of anilines is 1. The van der Waals surface area contributed by atoms with Gasteiger partial charge in [0.15, 0.2) is 0 Å². The molecule has 1 aromatic carbocycles. The zero-order valence-corrected chi connectivity index (χ0v) is 10.7. The van der Waals surface area contributed by atoms with Crippen LogP contribution in [-0.4, -0.2) is 9.97 Å². The summed E-state index contributed by atoms with van der Waals surface area (Å²) in [5, 5.41) is 4.45. The Morgan fingerprint density at radius 3 is 2.53 bits per heavy atom. The maximum absolute atomic E-state index is 5.97. The zero-order valence-electron chi connectivity index (χ0n) is 9.19. The molecule has 2 rings (SSSR count). The molecule has 0 saturated heterocycles. The van der Waals surface area contributed by atoms with E-state index in [2.05, 4.69) is 15.3 Å². The number of hydrogen-bond donors (Lipinski definition) is 1. The Bertz CT molecular complexity index is 499. The summed E-state index contributed by atoms with van der Waals surface area (Å²) in [6, 6.07) is 7.75. The van der Waals surface area contributed by atoms with Crippen LogP contribution in [0.1, 0.15) is 18.5 Å². The number of rotatable bonds is 3. The van der Waals surface area contributed by atoms with Gasteiger partial charge >= 0.3 is 0 Å². The lowest BCUT2D eigenvalue weighted by molar-refractivity contribution is 0.872. The molecule has 0 bridgehead atoms. The van der Waals surface area contributed by atoms with Crippen LogP contribution >= 0.6 is 23.2 Å². The summed E-state index contributed by atoms with van der Waals surface area (Å²) in [6.07, 6.45) is 3.02. The maximum atomic E-state index is 5.97. The van der Waals surface area contributed by atoms with Crippen molar-refractivity contribution in [1.82, 2.24) is 9.97 Å². The van der Waals surface area contributed by atoms with Crippen LogP contribution in [0.3, 0.4) is 0 Å². The first-order valence-electron chi connectivity index (χ1n) is 5.14. The Balaban J connectivity index is 2.14. The van der Waals surface area contributed by atoms with Gasteiger partial charge in [0, 0.05) is 11.1 Å². The van der Waals surface area contributed by atoms with E-state index in [0.717, 1.165) is 10.6 Å². The highest BCUT2D eigenvalue weighted by atomic mass is 35.5. The van der Waals surface area contributed by atoms with Gasteiger partial charge in [-0.3, -0.25) is 0 Å². The first kappa shape index (κ1) is 12.1. The third kappa shape index (κ3) is 3.08. The number of nitrogens with one attached hydrogen (secondary N) is 1. The van der Waals surface area contributed by atoms with Gasteiger partial charge in [0.25, 0.3) is 0 Å². The van der Waals surface area contributed by atoms with Crippen molar-refractivity contribution in [1.29, 1.82) is 0 Å². The molecule has 1 aromatic heterocycles. The number of nitrogens with zero attached hydrogens (tertiary/aromatic N) is 2. The van der Waals surface area contributed by atoms with Crippen molar-refractivity contribution in [3.05, 3.63) is 52.4 Å². The van der Waals surface area contributed by atoms with E-state index in [9.17, 15) is 0 Å². The molecule has 0 radical (unpaired) electrons. The highest BCUT2D eigenvalue weighted by Crippen LogP contribution is 2.23. The van der Waals surface area contributed by atoms with Crippen LogP contribution in [0.15, 0.2) is 36.8 Å². The summed E-state index contributed by atoms with van der Waals surface area (Å²) in [5.74, 6) is 0.629. The van der Waals surface area contributed by atoms with Crippen LogP contribution in [0, 0.1) is 0 Å². The summed E-state index contributed by atoms with van der Waals surface area (Å²) < 4.78 is 0. The highest BCUT2D eigenvalue weighted by molar-refractivity contribution is 6.32. The van der Waals surface area contributed by atoms with E-state index in [-0.39, 0.29) is 6.04 Å². The van der Waals surface area contributed by atoms with Crippen LogP contribution in [0.2, 0.25) is 10.0 Å². The Morgan fingerprint density at radius 1 is 1.18 bits per heavy atom. The average Bonchev–Trinajstić information content (AvgIpc) is 2.33. The molecule has 0 saturated carbocycles. The fraction of sp³-hybridized carbons (Fsp3) is 0.167. The molecular formula is C12H11Cl2N3. The predicted molar refractivity (Wildman–Crippen MR) is 70.5 cm³/mol. The molecule has 1 heterocycles. The largest absolute Gasteiger partial charge is 0.362 e. The molecule has 0 amide bonds. The molecule has 5 heteroatoms. The molecule has 17 heavy (non-hydrogen) atoms. The maximum Gasteiger partial charge on any atom is 0.148 e. The molecule has 0 fully saturated rings. The second-order valence-electron chi connectivity index (χ2n) is 3.64.